The Morgan fingerprint density at radius 1 is 1.25 bits per heavy atom. The number of hydrogen-bond donors (Lipinski definition) is 0. The van der Waals surface area contributed by atoms with Gasteiger partial charge in [0.05, 0.1) is 0 Å². The Hall–Kier alpha value is 2.54. The predicted molar refractivity (Wildman–Crippen MR) is 25.3 cm³/mol. The molecule has 0 bridgehead atoms. The van der Waals surface area contributed by atoms with Gasteiger partial charge in [0.15, 0.2) is 0 Å². The van der Waals surface area contributed by atoms with Gasteiger partial charge in [-0.3, -0.25) is 0 Å². The Kier molecular flexibility index (Phi) is 70.9. The fraction of sp³-hybridized carbons (Fsp3) is 0. The van der Waals surface area contributed by atoms with E-state index in [-0.39, 0.29) is 81.1 Å². The third-order valence-corrected chi connectivity index (χ3v) is 0. The van der Waals surface area contributed by atoms with Gasteiger partial charge in [0.2, 0.25) is 0 Å². The minimum absolute atomic E-state index is 0. The summed E-state index contributed by atoms with van der Waals surface area (Å²) in [4.78, 5) is 0. The van der Waals surface area contributed by atoms with E-state index in [1.165, 1.54) is 0 Å². The van der Waals surface area contributed by atoms with Gasteiger partial charge in [0, 0.05) is 0 Å². The zero-order valence-electron chi connectivity index (χ0n) is 1.38. The van der Waals surface area contributed by atoms with E-state index in [1.807, 2.05) is 0 Å². The molecule has 0 atom stereocenters. The average Bonchev–Trinajstić information content (AvgIpc) is 1.00. The number of rotatable bonds is 0. The second-order valence-corrected chi connectivity index (χ2v) is 0. The van der Waals surface area contributed by atoms with E-state index in [9.17, 15) is 3.52 Å². The van der Waals surface area contributed by atoms with Crippen molar-refractivity contribution in [2.75, 3.05) is 0 Å². The molecule has 0 aliphatic carbocycles. The van der Waals surface area contributed by atoms with Crippen molar-refractivity contribution >= 4 is 81.1 Å². The van der Waals surface area contributed by atoms with Gasteiger partial charge in [-0.2, -0.15) is 0 Å². The van der Waals surface area contributed by atoms with Crippen LogP contribution in [0.3, 0.4) is 0 Å². The quantitative estimate of drug-likeness (QED) is 0.344. The van der Waals surface area contributed by atoms with Crippen LogP contribution in [-0.2, 0) is 0 Å². The van der Waals surface area contributed by atoms with Crippen molar-refractivity contribution in [3.05, 3.63) is 0 Å². The third kappa shape index (κ3) is 8.82. The topological polar surface area (TPSA) is 0 Å². The molecule has 0 aliphatic heterocycles. The van der Waals surface area contributed by atoms with Crippen LogP contribution in [0.2, 0.25) is 0 Å². The van der Waals surface area contributed by atoms with Crippen molar-refractivity contribution in [3.8, 4) is 0 Å². The first kappa shape index (κ1) is 16.0. The molecule has 0 radical (unpaired) electrons. The van der Waals surface area contributed by atoms with Gasteiger partial charge in [-0.1, -0.05) is 0 Å². The van der Waals surface area contributed by atoms with Gasteiger partial charge in [-0.25, -0.2) is 0 Å². The minimum atomic E-state index is -0.194. The van der Waals surface area contributed by atoms with Crippen molar-refractivity contribution < 1.29 is 3.52 Å². The van der Waals surface area contributed by atoms with E-state index >= 15 is 0 Å². The second-order valence-electron chi connectivity index (χ2n) is 0. The van der Waals surface area contributed by atoms with Gasteiger partial charge in [0.25, 0.3) is 0 Å². The van der Waals surface area contributed by atoms with Crippen LogP contribution in [0.4, 0.5) is 3.52 Å². The van der Waals surface area contributed by atoms with Gasteiger partial charge in [-0.05, 0) is 0 Å². The fourth-order valence-electron chi connectivity index (χ4n) is 0. The molecule has 0 rings (SSSR count). The molecular formula is H5AlFLiSr. The van der Waals surface area contributed by atoms with Crippen LogP contribution in [0.1, 0.15) is 0 Å². The normalized spacial score (nSPS) is 1.25. The van der Waals surface area contributed by atoms with E-state index in [0.29, 0.717) is 0 Å². The van der Waals surface area contributed by atoms with Crippen molar-refractivity contribution in [1.29, 1.82) is 0 Å². The summed E-state index contributed by atoms with van der Waals surface area (Å²) < 4.78 is 9.64. The fourth-order valence-corrected chi connectivity index (χ4v) is 0. The van der Waals surface area contributed by atoms with E-state index in [1.54, 1.807) is 0 Å². The first-order valence-corrected chi connectivity index (χ1v) is 1.13. The molecule has 0 aromatic heterocycles. The Bertz CT molecular complexity index is 8.00. The second kappa shape index (κ2) is 17.7. The third-order valence-electron chi connectivity index (χ3n) is 0. The summed E-state index contributed by atoms with van der Waals surface area (Å²) in [6.45, 7) is 0. The molecule has 18 valence electrons. The molecule has 0 nitrogen and oxygen atoms in total. The van der Waals surface area contributed by atoms with Crippen LogP contribution in [0.25, 0.3) is 0 Å². The van der Waals surface area contributed by atoms with Crippen molar-refractivity contribution in [3.63, 3.8) is 0 Å². The Morgan fingerprint density at radius 2 is 1.25 bits per heavy atom. The van der Waals surface area contributed by atoms with Gasteiger partial charge in [-0.15, -0.1) is 0 Å². The van der Waals surface area contributed by atoms with E-state index in [2.05, 4.69) is 0 Å². The van der Waals surface area contributed by atoms with Crippen molar-refractivity contribution in [2.45, 2.75) is 0 Å². The molecule has 0 unspecified atom stereocenters. The molecule has 0 fully saturated rings. The molecule has 0 aromatic carbocycles. The summed E-state index contributed by atoms with van der Waals surface area (Å²) in [5.41, 5.74) is 0. The van der Waals surface area contributed by atoms with Crippen molar-refractivity contribution in [1.82, 2.24) is 0 Å². The van der Waals surface area contributed by atoms with Crippen LogP contribution < -0.4 is 0 Å². The van der Waals surface area contributed by atoms with E-state index in [0.717, 1.165) is 0 Å². The standard InChI is InChI=1S/Al.FH.Li.Sr.5H/h;1H;;;;;;;/q+1;;;;;;;;/p-1. The summed E-state index contributed by atoms with van der Waals surface area (Å²) in [7, 11) is 0. The van der Waals surface area contributed by atoms with Gasteiger partial charge < -0.3 is 3.52 Å². The van der Waals surface area contributed by atoms with Crippen LogP contribution in [0.15, 0.2) is 0 Å². The van der Waals surface area contributed by atoms with Crippen LogP contribution in [0.5, 0.6) is 0 Å². The predicted octanol–water partition coefficient (Wildman–Crippen LogP) is -2.06. The molecule has 0 saturated carbocycles. The zero-order valence-corrected chi connectivity index (χ0v) is 3.38. The molecule has 0 saturated heterocycles. The SMILES string of the molecule is [F][AlH2].[LiH].[SrH2]. The van der Waals surface area contributed by atoms with Crippen LogP contribution in [-0.4, -0.2) is 81.1 Å². The molecule has 0 aromatic rings. The average molecular weight is 146 g/mol. The Morgan fingerprint density at radius 3 is 1.25 bits per heavy atom. The maximum atomic E-state index is 9.64. The van der Waals surface area contributed by atoms with E-state index in [4.69, 9.17) is 0 Å². The molecule has 0 N–H and O–H groups in total. The first-order valence-electron chi connectivity index (χ1n) is 0.378. The molecule has 0 heterocycles. The molecule has 0 amide bonds. The van der Waals surface area contributed by atoms with E-state index < -0.39 is 0 Å². The first-order chi connectivity index (χ1) is 1.00. The monoisotopic (exact) mass is 146 g/mol. The van der Waals surface area contributed by atoms with Crippen LogP contribution >= 0.6 is 0 Å². The summed E-state index contributed by atoms with van der Waals surface area (Å²) in [5.74, 6) is 0. The van der Waals surface area contributed by atoms with Crippen LogP contribution in [0, 0.1) is 0 Å². The Balaban J connectivity index is -0.00000000500. The molecule has 0 spiro atoms. The molecular weight excluding hydrogens is 141 g/mol. The summed E-state index contributed by atoms with van der Waals surface area (Å²) in [6, 6.07) is 0. The maximum absolute atomic E-state index is 9.64. The molecule has 4 heteroatoms. The summed E-state index contributed by atoms with van der Waals surface area (Å²) >= 11 is -0.194. The number of halogens is 1. The number of hydrogen-bond acceptors (Lipinski definition) is 0. The zero-order chi connectivity index (χ0) is 2.00. The Labute approximate surface area is 82.9 Å². The summed E-state index contributed by atoms with van der Waals surface area (Å²) in [6.07, 6.45) is 0. The van der Waals surface area contributed by atoms with Gasteiger partial charge >= 0.3 is 81.1 Å². The molecule has 0 aliphatic rings. The van der Waals surface area contributed by atoms with Crippen molar-refractivity contribution in [2.24, 2.45) is 0 Å². The summed E-state index contributed by atoms with van der Waals surface area (Å²) in [5, 5.41) is 0. The molecule has 4 heavy (non-hydrogen) atoms. The van der Waals surface area contributed by atoms with Gasteiger partial charge in [0.1, 0.15) is 0 Å².